The fourth-order valence-corrected chi connectivity index (χ4v) is 2.05. The van der Waals surface area contributed by atoms with E-state index in [1.54, 1.807) is 48.5 Å². The van der Waals surface area contributed by atoms with Crippen LogP contribution < -0.4 is 0 Å². The molecule has 0 aliphatic heterocycles. The second-order valence-electron chi connectivity index (χ2n) is 3.75. The van der Waals surface area contributed by atoms with Crippen molar-refractivity contribution in [1.29, 1.82) is 0 Å². The summed E-state index contributed by atoms with van der Waals surface area (Å²) in [5.41, 5.74) is 2.02. The van der Waals surface area contributed by atoms with Gasteiger partial charge in [-0.05, 0) is 0 Å². The minimum Gasteiger partial charge on any atom is -0.412 e. The van der Waals surface area contributed by atoms with Crippen molar-refractivity contribution in [2.45, 2.75) is 0 Å². The molecule has 0 atom stereocenters. The zero-order valence-corrected chi connectivity index (χ0v) is 10.2. The van der Waals surface area contributed by atoms with Crippen molar-refractivity contribution in [3.05, 3.63) is 70.8 Å². The van der Waals surface area contributed by atoms with Gasteiger partial charge in [0.2, 0.25) is 0 Å². The van der Waals surface area contributed by atoms with Crippen LogP contribution in [-0.2, 0) is 0 Å². The van der Waals surface area contributed by atoms with Crippen molar-refractivity contribution in [3.63, 3.8) is 0 Å². The molecular weight excluding hydrogens is 252 g/mol. The molecule has 0 unspecified atom stereocenters. The first kappa shape index (κ1) is 14.1. The number of hydrogen-bond acceptors (Lipinski definition) is 2. The average Bonchev–Trinajstić information content (AvgIpc) is 2.36. The first-order valence-electron chi connectivity index (χ1n) is 5.06. The van der Waals surface area contributed by atoms with Crippen LogP contribution >= 0.6 is 12.4 Å². The molecule has 0 aromatic heterocycles. The molecule has 0 heterocycles. The van der Waals surface area contributed by atoms with Crippen molar-refractivity contribution < 1.29 is 15.1 Å². The molecule has 0 bridgehead atoms. The Bertz CT molecular complexity index is 514. The van der Waals surface area contributed by atoms with Gasteiger partial charge in [0.05, 0.1) is 0 Å². The Kier molecular flexibility index (Phi) is 4.01. The molecule has 2 aromatic rings. The van der Waals surface area contributed by atoms with Crippen molar-refractivity contribution >= 4 is 24.0 Å². The van der Waals surface area contributed by atoms with E-state index in [-0.39, 0.29) is 29.4 Å². The van der Waals surface area contributed by atoms with E-state index >= 15 is 0 Å². The molecule has 2 N–H and O–H groups in total. The number of halogens is 1. The van der Waals surface area contributed by atoms with Crippen molar-refractivity contribution in [2.24, 2.45) is 0 Å². The summed E-state index contributed by atoms with van der Waals surface area (Å²) in [7, 11) is 0. The lowest BCUT2D eigenvalue weighted by molar-refractivity contribution is 0.0979. The summed E-state index contributed by atoms with van der Waals surface area (Å²) in [6, 6.07) is 13.9. The number of hydrogen-bond donors (Lipinski definition) is 0. The first-order valence-corrected chi connectivity index (χ1v) is 5.06. The lowest BCUT2D eigenvalue weighted by Crippen LogP contribution is -2.20. The number of carbonyl (C=O) groups excluding carboxylic acids is 2. The first-order chi connectivity index (χ1) is 7.79. The van der Waals surface area contributed by atoms with Crippen LogP contribution in [0.5, 0.6) is 0 Å². The summed E-state index contributed by atoms with van der Waals surface area (Å²) >= 11 is 0. The summed E-state index contributed by atoms with van der Waals surface area (Å²) in [5, 5.41) is 0. The van der Waals surface area contributed by atoms with Gasteiger partial charge in [-0.25, -0.2) is 0 Å². The maximum Gasteiger partial charge on any atom is 0.194 e. The van der Waals surface area contributed by atoms with E-state index in [0.29, 0.717) is 22.3 Å². The van der Waals surface area contributed by atoms with Crippen LogP contribution in [0.1, 0.15) is 31.8 Å². The van der Waals surface area contributed by atoms with Crippen molar-refractivity contribution in [2.75, 3.05) is 0 Å². The predicted octanol–water partition coefficient (Wildman–Crippen LogP) is 2.06. The van der Waals surface area contributed by atoms with E-state index in [2.05, 4.69) is 0 Å². The third-order valence-corrected chi connectivity index (χ3v) is 2.83. The quantitative estimate of drug-likeness (QED) is 0.622. The maximum atomic E-state index is 12.1. The summed E-state index contributed by atoms with van der Waals surface area (Å²) < 4.78 is 0. The monoisotopic (exact) mass is 262 g/mol. The highest BCUT2D eigenvalue weighted by Crippen LogP contribution is 2.26. The Balaban J connectivity index is 0.000000810. The Morgan fingerprint density at radius 3 is 1.00 bits per heavy atom. The third kappa shape index (κ3) is 1.83. The molecule has 2 aromatic carbocycles. The third-order valence-electron chi connectivity index (χ3n) is 2.83. The topological polar surface area (TPSA) is 65.6 Å². The highest BCUT2D eigenvalue weighted by molar-refractivity contribution is 6.28. The van der Waals surface area contributed by atoms with Gasteiger partial charge in [-0.3, -0.25) is 9.59 Å². The second kappa shape index (κ2) is 5.12. The highest BCUT2D eigenvalue weighted by Gasteiger charge is 2.28. The SMILES string of the molecule is Cl.O.O=C1c2ccccc2C(=O)c2ccccc21. The average molecular weight is 263 g/mol. The van der Waals surface area contributed by atoms with Gasteiger partial charge in [-0.15, -0.1) is 12.4 Å². The summed E-state index contributed by atoms with van der Waals surface area (Å²) in [6.07, 6.45) is 0. The van der Waals surface area contributed by atoms with Gasteiger partial charge in [-0.2, -0.15) is 0 Å². The number of rotatable bonds is 0. The van der Waals surface area contributed by atoms with Crippen LogP contribution in [0, 0.1) is 0 Å². The van der Waals surface area contributed by atoms with Gasteiger partial charge in [-0.1, -0.05) is 48.5 Å². The molecule has 1 aliphatic rings. The number of fused-ring (bicyclic) bond motifs is 2. The Morgan fingerprint density at radius 2 is 0.778 bits per heavy atom. The maximum absolute atomic E-state index is 12.1. The van der Waals surface area contributed by atoms with Gasteiger partial charge >= 0.3 is 0 Å². The summed E-state index contributed by atoms with van der Waals surface area (Å²) in [4.78, 5) is 24.2. The molecule has 4 heteroatoms. The van der Waals surface area contributed by atoms with E-state index in [1.807, 2.05) is 0 Å². The zero-order chi connectivity index (χ0) is 11.1. The fraction of sp³-hybridized carbons (Fsp3) is 0. The van der Waals surface area contributed by atoms with Crippen LogP contribution in [0.2, 0.25) is 0 Å². The molecule has 92 valence electrons. The molecule has 0 saturated carbocycles. The predicted molar refractivity (Wildman–Crippen MR) is 70.6 cm³/mol. The minimum absolute atomic E-state index is 0. The van der Waals surface area contributed by atoms with Crippen LogP contribution in [-0.4, -0.2) is 17.0 Å². The van der Waals surface area contributed by atoms with E-state index in [1.165, 1.54) is 0 Å². The standard InChI is InChI=1S/C14H8O2.ClH.H2O/c15-13-9-5-1-2-6-10(9)14(16)12-8-4-3-7-11(12)13;;/h1-8H;1H;1H2. The van der Waals surface area contributed by atoms with Crippen LogP contribution in [0.15, 0.2) is 48.5 Å². The second-order valence-corrected chi connectivity index (χ2v) is 3.75. The van der Waals surface area contributed by atoms with Gasteiger partial charge in [0.1, 0.15) is 0 Å². The van der Waals surface area contributed by atoms with Gasteiger partial charge in [0, 0.05) is 22.3 Å². The Labute approximate surface area is 110 Å². The lowest BCUT2D eigenvalue weighted by Gasteiger charge is -2.16. The Hall–Kier alpha value is -1.97. The fourth-order valence-electron chi connectivity index (χ4n) is 2.05. The van der Waals surface area contributed by atoms with Gasteiger partial charge < -0.3 is 5.48 Å². The smallest absolute Gasteiger partial charge is 0.194 e. The van der Waals surface area contributed by atoms with Crippen LogP contribution in [0.4, 0.5) is 0 Å². The summed E-state index contributed by atoms with van der Waals surface area (Å²) in [6.45, 7) is 0. The van der Waals surface area contributed by atoms with E-state index < -0.39 is 0 Å². The molecule has 0 spiro atoms. The number of ketones is 2. The lowest BCUT2D eigenvalue weighted by atomic mass is 9.84. The molecular formula is C14H11ClO3. The molecule has 3 nitrogen and oxygen atoms in total. The van der Waals surface area contributed by atoms with E-state index in [4.69, 9.17) is 0 Å². The largest absolute Gasteiger partial charge is 0.412 e. The van der Waals surface area contributed by atoms with Crippen molar-refractivity contribution in [1.82, 2.24) is 0 Å². The van der Waals surface area contributed by atoms with Gasteiger partial charge in [0.15, 0.2) is 11.6 Å². The Morgan fingerprint density at radius 1 is 0.556 bits per heavy atom. The molecule has 18 heavy (non-hydrogen) atoms. The summed E-state index contributed by atoms with van der Waals surface area (Å²) in [5.74, 6) is -0.128. The molecule has 1 aliphatic carbocycles. The highest BCUT2D eigenvalue weighted by atomic mass is 35.5. The van der Waals surface area contributed by atoms with E-state index in [9.17, 15) is 9.59 Å². The number of carbonyl (C=O) groups is 2. The molecule has 3 rings (SSSR count). The molecule has 0 radical (unpaired) electrons. The van der Waals surface area contributed by atoms with Crippen LogP contribution in [0.25, 0.3) is 0 Å². The zero-order valence-electron chi connectivity index (χ0n) is 9.34. The van der Waals surface area contributed by atoms with Crippen molar-refractivity contribution in [3.8, 4) is 0 Å². The molecule has 0 fully saturated rings. The van der Waals surface area contributed by atoms with E-state index in [0.717, 1.165) is 0 Å². The van der Waals surface area contributed by atoms with Gasteiger partial charge in [0.25, 0.3) is 0 Å². The van der Waals surface area contributed by atoms with Crippen LogP contribution in [0.3, 0.4) is 0 Å². The minimum atomic E-state index is -0.0641. The molecule has 0 amide bonds. The normalized spacial score (nSPS) is 11.8. The number of benzene rings is 2. The molecule has 0 saturated heterocycles.